The summed E-state index contributed by atoms with van der Waals surface area (Å²) in [6, 6.07) is 8.38. The summed E-state index contributed by atoms with van der Waals surface area (Å²) in [5.74, 6) is 0. The average Bonchev–Trinajstić information content (AvgIpc) is 2.28. The maximum atomic E-state index is 11.6. The highest BCUT2D eigenvalue weighted by molar-refractivity contribution is 7.90. The summed E-state index contributed by atoms with van der Waals surface area (Å²) in [7, 11) is -3.15. The SMILES string of the molecule is CC(C)S(=O)(=O)NCCc1ccc(C(C)(C)C)cc1. The summed E-state index contributed by atoms with van der Waals surface area (Å²) in [4.78, 5) is 0. The molecule has 3 nitrogen and oxygen atoms in total. The Kier molecular flexibility index (Phi) is 5.16. The van der Waals surface area contributed by atoms with E-state index in [1.165, 1.54) is 5.56 Å². The van der Waals surface area contributed by atoms with Gasteiger partial charge in [0.1, 0.15) is 0 Å². The molecule has 1 rings (SSSR count). The summed E-state index contributed by atoms with van der Waals surface area (Å²) < 4.78 is 25.8. The van der Waals surface area contributed by atoms with Crippen LogP contribution < -0.4 is 4.72 Å². The molecular weight excluding hydrogens is 258 g/mol. The van der Waals surface area contributed by atoms with Crippen molar-refractivity contribution in [1.29, 1.82) is 0 Å². The Morgan fingerprint density at radius 3 is 2.05 bits per heavy atom. The molecule has 0 fully saturated rings. The van der Waals surface area contributed by atoms with Crippen LogP contribution in [0.4, 0.5) is 0 Å². The van der Waals surface area contributed by atoms with Crippen LogP contribution in [0.5, 0.6) is 0 Å². The van der Waals surface area contributed by atoms with Crippen molar-refractivity contribution >= 4 is 10.0 Å². The van der Waals surface area contributed by atoms with E-state index in [1.54, 1.807) is 13.8 Å². The fourth-order valence-corrected chi connectivity index (χ4v) is 2.40. The Balaban J connectivity index is 2.56. The first kappa shape index (κ1) is 16.2. The molecule has 0 atom stereocenters. The van der Waals surface area contributed by atoms with Gasteiger partial charge in [0.05, 0.1) is 5.25 Å². The van der Waals surface area contributed by atoms with E-state index >= 15 is 0 Å². The predicted octanol–water partition coefficient (Wildman–Crippen LogP) is 2.85. The molecule has 0 spiro atoms. The molecule has 0 heterocycles. The fourth-order valence-electron chi connectivity index (χ4n) is 1.68. The third-order valence-corrected chi connectivity index (χ3v) is 5.01. The minimum Gasteiger partial charge on any atom is -0.215 e. The van der Waals surface area contributed by atoms with Crippen LogP contribution in [0.25, 0.3) is 0 Å². The molecule has 0 aliphatic heterocycles. The Labute approximate surface area is 117 Å². The zero-order chi connectivity index (χ0) is 14.7. The first-order valence-electron chi connectivity index (χ1n) is 6.71. The van der Waals surface area contributed by atoms with Gasteiger partial charge in [0.15, 0.2) is 0 Å². The maximum absolute atomic E-state index is 11.6. The van der Waals surface area contributed by atoms with Gasteiger partial charge in [-0.05, 0) is 36.8 Å². The van der Waals surface area contributed by atoms with Crippen LogP contribution in [0.2, 0.25) is 0 Å². The summed E-state index contributed by atoms with van der Waals surface area (Å²) in [5.41, 5.74) is 2.59. The van der Waals surface area contributed by atoms with Gasteiger partial charge >= 0.3 is 0 Å². The van der Waals surface area contributed by atoms with Crippen molar-refractivity contribution in [2.45, 2.75) is 51.7 Å². The molecule has 1 aromatic rings. The lowest BCUT2D eigenvalue weighted by atomic mass is 9.86. The molecule has 4 heteroatoms. The summed E-state index contributed by atoms with van der Waals surface area (Å²) >= 11 is 0. The van der Waals surface area contributed by atoms with E-state index in [-0.39, 0.29) is 10.7 Å². The highest BCUT2D eigenvalue weighted by Gasteiger charge is 2.15. The van der Waals surface area contributed by atoms with E-state index in [2.05, 4.69) is 49.8 Å². The molecule has 0 aromatic heterocycles. The minimum absolute atomic E-state index is 0.151. The minimum atomic E-state index is -3.15. The van der Waals surface area contributed by atoms with Gasteiger partial charge in [0.2, 0.25) is 10.0 Å². The van der Waals surface area contributed by atoms with Gasteiger partial charge in [-0.25, -0.2) is 13.1 Å². The summed E-state index contributed by atoms with van der Waals surface area (Å²) in [6.45, 7) is 10.4. The molecular formula is C15H25NO2S. The maximum Gasteiger partial charge on any atom is 0.213 e. The third kappa shape index (κ3) is 4.96. The van der Waals surface area contributed by atoms with Gasteiger partial charge in [0, 0.05) is 6.54 Å². The molecule has 0 aliphatic carbocycles. The lowest BCUT2D eigenvalue weighted by Gasteiger charge is -2.19. The van der Waals surface area contributed by atoms with E-state index in [1.807, 2.05) is 0 Å². The number of hydrogen-bond acceptors (Lipinski definition) is 2. The van der Waals surface area contributed by atoms with E-state index in [9.17, 15) is 8.42 Å². The number of hydrogen-bond donors (Lipinski definition) is 1. The van der Waals surface area contributed by atoms with Gasteiger partial charge in [-0.15, -0.1) is 0 Å². The van der Waals surface area contributed by atoms with Crippen LogP contribution in [-0.2, 0) is 21.9 Å². The molecule has 108 valence electrons. The Hall–Kier alpha value is -0.870. The second kappa shape index (κ2) is 6.06. The molecule has 1 aromatic carbocycles. The van der Waals surface area contributed by atoms with Crippen LogP contribution in [0.1, 0.15) is 45.7 Å². The second-order valence-corrected chi connectivity index (χ2v) is 8.51. The Morgan fingerprint density at radius 1 is 1.11 bits per heavy atom. The molecule has 0 saturated carbocycles. The van der Waals surface area contributed by atoms with Crippen molar-refractivity contribution in [3.05, 3.63) is 35.4 Å². The van der Waals surface area contributed by atoms with E-state index < -0.39 is 10.0 Å². The van der Waals surface area contributed by atoms with E-state index in [0.29, 0.717) is 6.54 Å². The normalized spacial score (nSPS) is 12.9. The second-order valence-electron chi connectivity index (χ2n) is 6.19. The fraction of sp³-hybridized carbons (Fsp3) is 0.600. The molecule has 0 unspecified atom stereocenters. The smallest absolute Gasteiger partial charge is 0.213 e. The topological polar surface area (TPSA) is 46.2 Å². The van der Waals surface area contributed by atoms with E-state index in [0.717, 1.165) is 12.0 Å². The van der Waals surface area contributed by atoms with Crippen molar-refractivity contribution in [3.63, 3.8) is 0 Å². The number of sulfonamides is 1. The van der Waals surface area contributed by atoms with Crippen LogP contribution in [0.3, 0.4) is 0 Å². The Bertz CT molecular complexity index is 496. The van der Waals surface area contributed by atoms with Gasteiger partial charge in [-0.1, -0.05) is 45.0 Å². The zero-order valence-corrected chi connectivity index (χ0v) is 13.3. The average molecular weight is 283 g/mol. The van der Waals surface area contributed by atoms with Crippen LogP contribution in [0.15, 0.2) is 24.3 Å². The van der Waals surface area contributed by atoms with E-state index in [4.69, 9.17) is 0 Å². The van der Waals surface area contributed by atoms with Gasteiger partial charge < -0.3 is 0 Å². The van der Waals surface area contributed by atoms with Gasteiger partial charge in [-0.3, -0.25) is 0 Å². The first-order chi connectivity index (χ1) is 8.63. The molecule has 0 radical (unpaired) electrons. The molecule has 0 aliphatic rings. The standard InChI is InChI=1S/C15H25NO2S/c1-12(2)19(17,18)16-11-10-13-6-8-14(9-7-13)15(3,4)5/h6-9,12,16H,10-11H2,1-5H3. The van der Waals surface area contributed by atoms with Crippen molar-refractivity contribution in [2.24, 2.45) is 0 Å². The molecule has 0 amide bonds. The van der Waals surface area contributed by atoms with Gasteiger partial charge in [-0.2, -0.15) is 0 Å². The monoisotopic (exact) mass is 283 g/mol. The quantitative estimate of drug-likeness (QED) is 0.903. The van der Waals surface area contributed by atoms with Crippen molar-refractivity contribution < 1.29 is 8.42 Å². The highest BCUT2D eigenvalue weighted by Crippen LogP contribution is 2.22. The van der Waals surface area contributed by atoms with Gasteiger partial charge in [0.25, 0.3) is 0 Å². The van der Waals surface area contributed by atoms with Crippen molar-refractivity contribution in [2.75, 3.05) is 6.54 Å². The Morgan fingerprint density at radius 2 is 1.63 bits per heavy atom. The van der Waals surface area contributed by atoms with Crippen LogP contribution in [-0.4, -0.2) is 20.2 Å². The lowest BCUT2D eigenvalue weighted by molar-refractivity contribution is 0.572. The molecule has 0 bridgehead atoms. The lowest BCUT2D eigenvalue weighted by Crippen LogP contribution is -2.32. The summed E-state index contributed by atoms with van der Waals surface area (Å²) in [6.07, 6.45) is 0.719. The molecule has 1 N–H and O–H groups in total. The highest BCUT2D eigenvalue weighted by atomic mass is 32.2. The number of rotatable bonds is 5. The predicted molar refractivity (Wildman–Crippen MR) is 80.9 cm³/mol. The van der Waals surface area contributed by atoms with Crippen LogP contribution in [0, 0.1) is 0 Å². The molecule has 19 heavy (non-hydrogen) atoms. The first-order valence-corrected chi connectivity index (χ1v) is 8.25. The number of nitrogens with one attached hydrogen (secondary N) is 1. The summed E-state index contributed by atoms with van der Waals surface area (Å²) in [5, 5.41) is -0.379. The largest absolute Gasteiger partial charge is 0.215 e. The van der Waals surface area contributed by atoms with Crippen molar-refractivity contribution in [3.8, 4) is 0 Å². The molecule has 0 saturated heterocycles. The number of benzene rings is 1. The third-order valence-electron chi connectivity index (χ3n) is 3.16. The van der Waals surface area contributed by atoms with Crippen LogP contribution >= 0.6 is 0 Å². The van der Waals surface area contributed by atoms with Crippen molar-refractivity contribution in [1.82, 2.24) is 4.72 Å². The zero-order valence-electron chi connectivity index (χ0n) is 12.5.